The number of furan rings is 1. The third-order valence-corrected chi connectivity index (χ3v) is 7.46. The molecule has 0 aliphatic rings. The molecule has 8 aromatic carbocycles. The molecular formula is C44H28O. The zero-order valence-electron chi connectivity index (χ0n) is 46.7. The predicted molar refractivity (Wildman–Crippen MR) is 190 cm³/mol. The highest BCUT2D eigenvalue weighted by molar-refractivity contribution is 6.21. The summed E-state index contributed by atoms with van der Waals surface area (Å²) < 4.78 is 216. The molecule has 45 heavy (non-hydrogen) atoms. The van der Waals surface area contributed by atoms with Crippen LogP contribution in [0.4, 0.5) is 0 Å². The topological polar surface area (TPSA) is 13.1 Å². The van der Waals surface area contributed by atoms with Crippen molar-refractivity contribution in [1.82, 2.24) is 0 Å². The van der Waals surface area contributed by atoms with Crippen molar-refractivity contribution in [3.05, 3.63) is 169 Å². The van der Waals surface area contributed by atoms with Gasteiger partial charge in [-0.1, -0.05) is 163 Å². The van der Waals surface area contributed by atoms with Crippen molar-refractivity contribution in [3.63, 3.8) is 0 Å². The van der Waals surface area contributed by atoms with E-state index in [0.29, 0.717) is 0 Å². The van der Waals surface area contributed by atoms with Crippen molar-refractivity contribution in [2.24, 2.45) is 0 Å². The Morgan fingerprint density at radius 3 is 1.44 bits per heavy atom. The Morgan fingerprint density at radius 2 is 0.822 bits per heavy atom. The van der Waals surface area contributed by atoms with Gasteiger partial charge in [-0.3, -0.25) is 0 Å². The number of benzene rings is 8. The van der Waals surface area contributed by atoms with Gasteiger partial charge in [0.2, 0.25) is 0 Å². The molecule has 210 valence electrons. The van der Waals surface area contributed by atoms with Crippen LogP contribution in [0.5, 0.6) is 0 Å². The Morgan fingerprint density at radius 1 is 0.356 bits per heavy atom. The molecule has 0 aliphatic heterocycles. The molecule has 9 aromatic rings. The summed E-state index contributed by atoms with van der Waals surface area (Å²) in [6, 6.07) is -12.6. The Hall–Kier alpha value is -5.92. The van der Waals surface area contributed by atoms with E-state index in [4.69, 9.17) is 31.8 Å². The van der Waals surface area contributed by atoms with Gasteiger partial charge in [0.25, 0.3) is 0 Å². The summed E-state index contributed by atoms with van der Waals surface area (Å²) in [5.41, 5.74) is -3.07. The normalized spacial score (nSPS) is 19.0. The average molecular weight is 597 g/mol. The maximum Gasteiger partial charge on any atom is 0.143 e. The standard InChI is InChI=1S/C44H28O/c1-3-13-29(14-4-1)33-21-12-24-40-43(33)39-23-11-22-34(44(39)45-40)30-25-27-32(28-26-30)42-37-19-9-7-17-35(37)41(31-15-5-2-6-16-31)36-18-8-10-20-38(36)42/h1-28H/i1D,2D,3D,4D,5D,6D,7D,8D,9D,10D,11D,12D,13D,14D,15D,16D,17D,18D,19D,20D,21D,22D,23D,24D. The summed E-state index contributed by atoms with van der Waals surface area (Å²) in [5.74, 6) is 0. The first-order valence-corrected chi connectivity index (χ1v) is 13.5. The fourth-order valence-electron chi connectivity index (χ4n) is 5.59. The third-order valence-electron chi connectivity index (χ3n) is 7.46. The number of hydrogen-bond acceptors (Lipinski definition) is 1. The predicted octanol–water partition coefficient (Wildman–Crippen LogP) is 12.6. The maximum absolute atomic E-state index is 9.22. The largest absolute Gasteiger partial charge is 0.455 e. The molecule has 1 heteroatoms. The van der Waals surface area contributed by atoms with Crippen molar-refractivity contribution < 1.29 is 37.3 Å². The minimum Gasteiger partial charge on any atom is -0.455 e. The van der Waals surface area contributed by atoms with Gasteiger partial charge >= 0.3 is 0 Å². The Kier molecular flexibility index (Phi) is 2.58. The zero-order chi connectivity index (χ0) is 50.6. The van der Waals surface area contributed by atoms with Gasteiger partial charge in [0.05, 0.1) is 32.9 Å². The molecule has 0 amide bonds. The lowest BCUT2D eigenvalue weighted by molar-refractivity contribution is 0.670. The van der Waals surface area contributed by atoms with Gasteiger partial charge in [-0.05, 0) is 66.5 Å². The first kappa shape index (κ1) is 11.2. The van der Waals surface area contributed by atoms with E-state index in [1.165, 1.54) is 24.3 Å². The molecular weight excluding hydrogens is 544 g/mol. The third kappa shape index (κ3) is 4.09. The van der Waals surface area contributed by atoms with Crippen molar-refractivity contribution in [2.45, 2.75) is 0 Å². The molecule has 0 unspecified atom stereocenters. The summed E-state index contributed by atoms with van der Waals surface area (Å²) in [6.45, 7) is 0. The van der Waals surface area contributed by atoms with Gasteiger partial charge < -0.3 is 4.42 Å². The minimum atomic E-state index is -0.820. The van der Waals surface area contributed by atoms with E-state index in [2.05, 4.69) is 0 Å². The molecule has 0 atom stereocenters. The summed E-state index contributed by atoms with van der Waals surface area (Å²) in [4.78, 5) is 0. The van der Waals surface area contributed by atoms with Gasteiger partial charge in [-0.2, -0.15) is 0 Å². The van der Waals surface area contributed by atoms with Gasteiger partial charge in [-0.25, -0.2) is 0 Å². The lowest BCUT2D eigenvalue weighted by Crippen LogP contribution is -1.90. The highest BCUT2D eigenvalue weighted by atomic mass is 16.3. The van der Waals surface area contributed by atoms with E-state index in [0.717, 1.165) is 0 Å². The monoisotopic (exact) mass is 596 g/mol. The van der Waals surface area contributed by atoms with Crippen LogP contribution >= 0.6 is 0 Å². The molecule has 1 nitrogen and oxygen atoms in total. The van der Waals surface area contributed by atoms with Crippen molar-refractivity contribution in [2.75, 3.05) is 0 Å². The van der Waals surface area contributed by atoms with Crippen LogP contribution in [-0.2, 0) is 0 Å². The van der Waals surface area contributed by atoms with Crippen LogP contribution < -0.4 is 0 Å². The van der Waals surface area contributed by atoms with Gasteiger partial charge in [0, 0.05) is 16.3 Å². The lowest BCUT2D eigenvalue weighted by Gasteiger charge is -2.18. The van der Waals surface area contributed by atoms with Crippen molar-refractivity contribution in [3.8, 4) is 44.5 Å². The smallest absolute Gasteiger partial charge is 0.143 e. The number of rotatable bonds is 4. The second kappa shape index (κ2) is 10.4. The summed E-state index contributed by atoms with van der Waals surface area (Å²) in [6.07, 6.45) is 0. The van der Waals surface area contributed by atoms with Crippen LogP contribution in [0.2, 0.25) is 0 Å². The second-order valence-corrected chi connectivity index (χ2v) is 9.84. The SMILES string of the molecule is [2H]c1c([2H])c([2H])c(-c2c3c([2H])c([2H])c([2H])c([2H])c3c(-c3ccc(-c4c([2H])c([2H])c([2H])c5c4oc4c([2H])c([2H])c([2H])c(-c6c([2H])c([2H])c([2H])c([2H])c6[2H])c45)cc3)c3c([2H])c([2H])c([2H])c([2H])c23)c([2H])c1[2H]. The number of fused-ring (bicyclic) bond motifs is 5. The minimum absolute atomic E-state index is 0.0432. The zero-order valence-corrected chi connectivity index (χ0v) is 22.7. The van der Waals surface area contributed by atoms with E-state index >= 15 is 0 Å². The van der Waals surface area contributed by atoms with Crippen LogP contribution in [0, 0.1) is 0 Å². The Balaban J connectivity index is 1.42. The van der Waals surface area contributed by atoms with E-state index in [9.17, 15) is 5.48 Å². The molecule has 0 saturated heterocycles. The summed E-state index contributed by atoms with van der Waals surface area (Å²) in [7, 11) is 0. The van der Waals surface area contributed by atoms with Crippen LogP contribution in [0.1, 0.15) is 32.9 Å². The van der Waals surface area contributed by atoms with E-state index < -0.39 is 184 Å². The van der Waals surface area contributed by atoms with Gasteiger partial charge in [-0.15, -0.1) is 0 Å². The number of hydrogen-bond donors (Lipinski definition) is 0. The van der Waals surface area contributed by atoms with Gasteiger partial charge in [0.15, 0.2) is 0 Å². The van der Waals surface area contributed by atoms with Crippen LogP contribution in [-0.4, -0.2) is 0 Å². The fraction of sp³-hybridized carbons (Fsp3) is 0. The molecule has 0 N–H and O–H groups in total. The summed E-state index contributed by atoms with van der Waals surface area (Å²) >= 11 is 0. The Labute approximate surface area is 295 Å². The quantitative estimate of drug-likeness (QED) is 0.184. The molecule has 9 rings (SSSR count). The lowest BCUT2D eigenvalue weighted by atomic mass is 9.85. The average Bonchev–Trinajstić information content (AvgIpc) is 3.73. The molecule has 0 radical (unpaired) electrons. The van der Waals surface area contributed by atoms with Crippen LogP contribution in [0.3, 0.4) is 0 Å². The molecule has 0 fully saturated rings. The second-order valence-electron chi connectivity index (χ2n) is 9.84. The van der Waals surface area contributed by atoms with E-state index in [1.807, 2.05) is 0 Å². The molecule has 0 saturated carbocycles. The van der Waals surface area contributed by atoms with E-state index in [1.54, 1.807) is 0 Å². The fourth-order valence-corrected chi connectivity index (χ4v) is 5.59. The Bertz CT molecular complexity index is 3740. The highest BCUT2D eigenvalue weighted by Gasteiger charge is 2.18. The first-order valence-electron chi connectivity index (χ1n) is 25.5. The van der Waals surface area contributed by atoms with E-state index in [-0.39, 0.29) is 49.4 Å². The van der Waals surface area contributed by atoms with Gasteiger partial charge in [0.1, 0.15) is 11.2 Å². The first-order chi connectivity index (χ1) is 32.3. The maximum atomic E-state index is 9.22. The van der Waals surface area contributed by atoms with Crippen LogP contribution in [0.15, 0.2) is 174 Å². The molecule has 1 heterocycles. The number of para-hydroxylation sites is 1. The molecule has 0 aliphatic carbocycles. The van der Waals surface area contributed by atoms with Crippen molar-refractivity contribution in [1.29, 1.82) is 0 Å². The molecule has 1 aromatic heterocycles. The highest BCUT2D eigenvalue weighted by Crippen LogP contribution is 2.45. The van der Waals surface area contributed by atoms with Crippen molar-refractivity contribution >= 4 is 43.5 Å². The van der Waals surface area contributed by atoms with Crippen LogP contribution in [0.25, 0.3) is 88.0 Å². The molecule has 0 spiro atoms. The molecule has 0 bridgehead atoms. The summed E-state index contributed by atoms with van der Waals surface area (Å²) in [5, 5.41) is -2.14.